The lowest BCUT2D eigenvalue weighted by molar-refractivity contribution is -0.139. The molecule has 1 unspecified atom stereocenters. The lowest BCUT2D eigenvalue weighted by atomic mass is 9.79. The van der Waals surface area contributed by atoms with Crippen molar-refractivity contribution in [2.45, 2.75) is 19.8 Å². The highest BCUT2D eigenvalue weighted by Gasteiger charge is 2.37. The van der Waals surface area contributed by atoms with Crippen LogP contribution < -0.4 is 5.73 Å². The van der Waals surface area contributed by atoms with Crippen LogP contribution in [0.4, 0.5) is 0 Å². The van der Waals surface area contributed by atoms with Crippen LogP contribution in [-0.4, -0.2) is 12.6 Å². The van der Waals surface area contributed by atoms with Crippen LogP contribution in [0, 0.1) is 22.7 Å². The van der Waals surface area contributed by atoms with Crippen LogP contribution in [0.25, 0.3) is 11.1 Å². The van der Waals surface area contributed by atoms with Crippen molar-refractivity contribution in [2.24, 2.45) is 5.73 Å². The van der Waals surface area contributed by atoms with Crippen LogP contribution in [0.15, 0.2) is 71.3 Å². The maximum atomic E-state index is 12.7. The van der Waals surface area contributed by atoms with Gasteiger partial charge in [0.2, 0.25) is 5.88 Å². The van der Waals surface area contributed by atoms with E-state index in [2.05, 4.69) is 12.1 Å². The minimum absolute atomic E-state index is 0.0383. The summed E-state index contributed by atoms with van der Waals surface area (Å²) in [6, 6.07) is 18.8. The van der Waals surface area contributed by atoms with E-state index < -0.39 is 11.9 Å². The van der Waals surface area contributed by atoms with E-state index in [1.807, 2.05) is 30.3 Å². The molecule has 0 aromatic heterocycles. The van der Waals surface area contributed by atoms with Gasteiger partial charge in [-0.05, 0) is 42.7 Å². The summed E-state index contributed by atoms with van der Waals surface area (Å²) in [6.45, 7) is 3.53. The molecule has 29 heavy (non-hydrogen) atoms. The van der Waals surface area contributed by atoms with E-state index in [9.17, 15) is 15.3 Å². The fraction of sp³-hybridized carbons (Fsp3) is 0.174. The van der Waals surface area contributed by atoms with Gasteiger partial charge in [0, 0.05) is 0 Å². The van der Waals surface area contributed by atoms with Crippen LogP contribution >= 0.6 is 0 Å². The second-order valence-corrected chi connectivity index (χ2v) is 6.39. The highest BCUT2D eigenvalue weighted by molar-refractivity contribution is 5.93. The van der Waals surface area contributed by atoms with Crippen molar-refractivity contribution in [1.29, 1.82) is 10.5 Å². The highest BCUT2D eigenvalue weighted by atomic mass is 16.5. The summed E-state index contributed by atoms with van der Waals surface area (Å²) in [5.74, 6) is -1.04. The third-order valence-corrected chi connectivity index (χ3v) is 4.68. The molecule has 3 rings (SSSR count). The number of carbonyl (C=O) groups excluding carboxylic acids is 1. The average molecular weight is 385 g/mol. The Morgan fingerprint density at radius 1 is 1.17 bits per heavy atom. The highest BCUT2D eigenvalue weighted by Crippen LogP contribution is 2.43. The molecule has 6 nitrogen and oxygen atoms in total. The summed E-state index contributed by atoms with van der Waals surface area (Å²) >= 11 is 0. The van der Waals surface area contributed by atoms with Crippen LogP contribution in [0.3, 0.4) is 0 Å². The standard InChI is InChI=1S/C23H19N3O3/c1-3-28-23(27)20-14(2)29-22(26)19(13-25)21(20)18-10-5-4-9-17(18)16-8-6-7-15(11-16)12-24/h4-11,21H,3,26H2,1-2H3. The molecule has 1 aliphatic rings. The Labute approximate surface area is 169 Å². The fourth-order valence-electron chi connectivity index (χ4n) is 3.43. The SMILES string of the molecule is CCOC(=O)C1=C(C)OC(N)=C(C#N)C1c1ccccc1-c1cccc(C#N)c1. The summed E-state index contributed by atoms with van der Waals surface area (Å²) in [5.41, 5.74) is 9.15. The van der Waals surface area contributed by atoms with Gasteiger partial charge in [-0.1, -0.05) is 36.4 Å². The van der Waals surface area contributed by atoms with E-state index in [-0.39, 0.29) is 23.6 Å². The van der Waals surface area contributed by atoms with E-state index in [0.29, 0.717) is 16.9 Å². The predicted octanol–water partition coefficient (Wildman–Crippen LogP) is 3.87. The smallest absolute Gasteiger partial charge is 0.338 e. The monoisotopic (exact) mass is 385 g/mol. The molecule has 1 heterocycles. The lowest BCUT2D eigenvalue weighted by Crippen LogP contribution is -2.25. The molecular formula is C23H19N3O3. The summed E-state index contributed by atoms with van der Waals surface area (Å²) in [4.78, 5) is 12.7. The number of ether oxygens (including phenoxy) is 2. The average Bonchev–Trinajstić information content (AvgIpc) is 2.73. The van der Waals surface area contributed by atoms with Crippen molar-refractivity contribution in [3.63, 3.8) is 0 Å². The largest absolute Gasteiger partial charge is 0.463 e. The normalized spacial score (nSPS) is 15.9. The minimum atomic E-state index is -0.741. The molecule has 0 saturated heterocycles. The van der Waals surface area contributed by atoms with Crippen LogP contribution in [0.5, 0.6) is 0 Å². The molecule has 0 radical (unpaired) electrons. The molecule has 0 bridgehead atoms. The summed E-state index contributed by atoms with van der Waals surface area (Å²) in [7, 11) is 0. The van der Waals surface area contributed by atoms with Crippen LogP contribution in [-0.2, 0) is 14.3 Å². The van der Waals surface area contributed by atoms with Gasteiger partial charge < -0.3 is 15.2 Å². The van der Waals surface area contributed by atoms with E-state index >= 15 is 0 Å². The van der Waals surface area contributed by atoms with Crippen molar-refractivity contribution >= 4 is 5.97 Å². The predicted molar refractivity (Wildman–Crippen MR) is 107 cm³/mol. The molecule has 6 heteroatoms. The van der Waals surface area contributed by atoms with Gasteiger partial charge in [0.15, 0.2) is 0 Å². The number of esters is 1. The molecular weight excluding hydrogens is 366 g/mol. The van der Waals surface area contributed by atoms with Crippen molar-refractivity contribution in [2.75, 3.05) is 6.61 Å². The molecule has 0 aliphatic carbocycles. The summed E-state index contributed by atoms with van der Waals surface area (Å²) < 4.78 is 10.7. The first-order valence-corrected chi connectivity index (χ1v) is 9.06. The number of nitrogens with two attached hydrogens (primary N) is 1. The first-order valence-electron chi connectivity index (χ1n) is 9.06. The molecule has 144 valence electrons. The zero-order valence-electron chi connectivity index (χ0n) is 16.1. The quantitative estimate of drug-likeness (QED) is 0.800. The molecule has 2 N–H and O–H groups in total. The number of hydrogen-bond acceptors (Lipinski definition) is 6. The minimum Gasteiger partial charge on any atom is -0.463 e. The first-order chi connectivity index (χ1) is 14.0. The molecule has 2 aromatic carbocycles. The van der Waals surface area contributed by atoms with Gasteiger partial charge in [-0.15, -0.1) is 0 Å². The van der Waals surface area contributed by atoms with Gasteiger partial charge >= 0.3 is 5.97 Å². The number of hydrogen-bond donors (Lipinski definition) is 1. The van der Waals surface area contributed by atoms with Crippen molar-refractivity contribution in [1.82, 2.24) is 0 Å². The summed E-state index contributed by atoms with van der Waals surface area (Å²) in [6.07, 6.45) is 0. The molecule has 2 aromatic rings. The van der Waals surface area contributed by atoms with Gasteiger partial charge in [-0.3, -0.25) is 0 Å². The Bertz CT molecular complexity index is 1120. The molecule has 1 aliphatic heterocycles. The molecule has 0 amide bonds. The van der Waals surface area contributed by atoms with E-state index in [4.69, 9.17) is 15.2 Å². The van der Waals surface area contributed by atoms with Gasteiger partial charge in [0.1, 0.15) is 17.4 Å². The molecule has 0 saturated carbocycles. The maximum Gasteiger partial charge on any atom is 0.338 e. The first kappa shape index (κ1) is 19.7. The number of benzene rings is 2. The van der Waals surface area contributed by atoms with Crippen LogP contribution in [0.1, 0.15) is 30.9 Å². The molecule has 0 fully saturated rings. The lowest BCUT2D eigenvalue weighted by Gasteiger charge is -2.28. The number of nitrogens with zero attached hydrogens (tertiary/aromatic N) is 2. The second kappa shape index (κ2) is 8.33. The van der Waals surface area contributed by atoms with Gasteiger partial charge in [-0.25, -0.2) is 4.79 Å². The number of carbonyl (C=O) groups is 1. The Morgan fingerprint density at radius 2 is 1.93 bits per heavy atom. The zero-order valence-corrected chi connectivity index (χ0v) is 16.1. The number of nitriles is 2. The van der Waals surface area contributed by atoms with Gasteiger partial charge in [-0.2, -0.15) is 10.5 Å². The van der Waals surface area contributed by atoms with E-state index in [0.717, 1.165) is 11.1 Å². The van der Waals surface area contributed by atoms with Gasteiger partial charge in [0.05, 0.1) is 29.7 Å². The third kappa shape index (κ3) is 3.69. The Balaban J connectivity index is 2.26. The third-order valence-electron chi connectivity index (χ3n) is 4.68. The van der Waals surface area contributed by atoms with Crippen molar-refractivity contribution < 1.29 is 14.3 Å². The van der Waals surface area contributed by atoms with Gasteiger partial charge in [0.25, 0.3) is 0 Å². The Hall–Kier alpha value is -4.03. The zero-order chi connectivity index (χ0) is 21.0. The van der Waals surface area contributed by atoms with Crippen molar-refractivity contribution in [3.8, 4) is 23.3 Å². The van der Waals surface area contributed by atoms with E-state index in [1.165, 1.54) is 0 Å². The Morgan fingerprint density at radius 3 is 2.62 bits per heavy atom. The Kier molecular flexibility index (Phi) is 5.66. The van der Waals surface area contributed by atoms with Crippen molar-refractivity contribution in [3.05, 3.63) is 82.4 Å². The second-order valence-electron chi connectivity index (χ2n) is 6.39. The number of allylic oxidation sites excluding steroid dienone is 2. The summed E-state index contributed by atoms with van der Waals surface area (Å²) in [5, 5.41) is 19.0. The fourth-order valence-corrected chi connectivity index (χ4v) is 3.43. The topological polar surface area (TPSA) is 109 Å². The molecule has 0 spiro atoms. The number of rotatable bonds is 4. The van der Waals surface area contributed by atoms with E-state index in [1.54, 1.807) is 32.0 Å². The molecule has 1 atom stereocenters. The van der Waals surface area contributed by atoms with Crippen LogP contribution in [0.2, 0.25) is 0 Å². The maximum absolute atomic E-state index is 12.7.